The summed E-state index contributed by atoms with van der Waals surface area (Å²) in [6, 6.07) is -0.352. The van der Waals surface area contributed by atoms with Gasteiger partial charge in [0.2, 0.25) is 11.8 Å². The normalized spacial score (nSPS) is 29.4. The first-order chi connectivity index (χ1) is 8.86. The van der Waals surface area contributed by atoms with Gasteiger partial charge in [0.25, 0.3) is 0 Å². The lowest BCUT2D eigenvalue weighted by atomic mass is 9.91. The quantitative estimate of drug-likeness (QED) is 0.782. The van der Waals surface area contributed by atoms with Gasteiger partial charge in [-0.3, -0.25) is 9.59 Å². The average Bonchev–Trinajstić information content (AvgIpc) is 2.81. The van der Waals surface area contributed by atoms with Crippen LogP contribution in [-0.4, -0.2) is 46.3 Å². The van der Waals surface area contributed by atoms with Crippen molar-refractivity contribution in [1.82, 2.24) is 9.80 Å². The topological polar surface area (TPSA) is 40.6 Å². The summed E-state index contributed by atoms with van der Waals surface area (Å²) < 4.78 is 0. The molecule has 0 spiro atoms. The highest BCUT2D eigenvalue weighted by atomic mass is 16.2. The third kappa shape index (κ3) is 2.26. The lowest BCUT2D eigenvalue weighted by molar-refractivity contribution is -0.165. The van der Waals surface area contributed by atoms with Gasteiger partial charge in [-0.25, -0.2) is 0 Å². The van der Waals surface area contributed by atoms with Gasteiger partial charge in [-0.15, -0.1) is 0 Å². The van der Waals surface area contributed by atoms with E-state index >= 15 is 0 Å². The number of carbonyl (C=O) groups excluding carboxylic acids is 2. The molecule has 4 heteroatoms. The highest BCUT2D eigenvalue weighted by Gasteiger charge is 2.50. The van der Waals surface area contributed by atoms with E-state index in [2.05, 4.69) is 20.8 Å². The van der Waals surface area contributed by atoms with E-state index in [0.29, 0.717) is 5.92 Å². The maximum absolute atomic E-state index is 12.7. The molecule has 0 aromatic carbocycles. The minimum atomic E-state index is -0.278. The van der Waals surface area contributed by atoms with E-state index in [1.165, 1.54) is 0 Å². The third-order valence-electron chi connectivity index (χ3n) is 4.66. The average molecular weight is 266 g/mol. The molecular formula is C15H26N2O2. The molecular weight excluding hydrogens is 240 g/mol. The molecule has 2 aliphatic heterocycles. The van der Waals surface area contributed by atoms with Crippen LogP contribution in [0.3, 0.4) is 0 Å². The molecule has 2 heterocycles. The molecule has 0 aromatic rings. The van der Waals surface area contributed by atoms with Crippen LogP contribution in [0.5, 0.6) is 0 Å². The molecule has 0 aromatic heterocycles. The second kappa shape index (κ2) is 5.14. The molecule has 0 N–H and O–H groups in total. The number of nitrogens with zero attached hydrogens (tertiary/aromatic N) is 2. The molecule has 0 saturated carbocycles. The monoisotopic (exact) mass is 266 g/mol. The first-order valence-electron chi connectivity index (χ1n) is 7.49. The summed E-state index contributed by atoms with van der Waals surface area (Å²) in [6.07, 6.45) is 1.79. The van der Waals surface area contributed by atoms with Crippen LogP contribution in [0.25, 0.3) is 0 Å². The van der Waals surface area contributed by atoms with Crippen LogP contribution in [0.2, 0.25) is 0 Å². The van der Waals surface area contributed by atoms with Gasteiger partial charge >= 0.3 is 0 Å². The summed E-state index contributed by atoms with van der Waals surface area (Å²) in [7, 11) is 0. The predicted octanol–water partition coefficient (Wildman–Crippen LogP) is 1.89. The zero-order valence-corrected chi connectivity index (χ0v) is 12.7. The van der Waals surface area contributed by atoms with Crippen LogP contribution in [0.4, 0.5) is 0 Å². The third-order valence-corrected chi connectivity index (χ3v) is 4.66. The van der Waals surface area contributed by atoms with Crippen LogP contribution >= 0.6 is 0 Å². The van der Waals surface area contributed by atoms with E-state index in [9.17, 15) is 9.59 Å². The van der Waals surface area contributed by atoms with Crippen molar-refractivity contribution in [3.63, 3.8) is 0 Å². The summed E-state index contributed by atoms with van der Waals surface area (Å²) >= 11 is 0. The Morgan fingerprint density at radius 2 is 1.68 bits per heavy atom. The molecule has 0 bridgehead atoms. The molecule has 2 amide bonds. The van der Waals surface area contributed by atoms with E-state index in [1.807, 2.05) is 23.6 Å². The summed E-state index contributed by atoms with van der Waals surface area (Å²) in [6.45, 7) is 11.1. The largest absolute Gasteiger partial charge is 0.329 e. The van der Waals surface area contributed by atoms with E-state index in [1.54, 1.807) is 0 Å². The maximum Gasteiger partial charge on any atom is 0.246 e. The fourth-order valence-electron chi connectivity index (χ4n) is 3.27. The number of amides is 2. The Morgan fingerprint density at radius 3 is 2.21 bits per heavy atom. The Balaban J connectivity index is 2.36. The van der Waals surface area contributed by atoms with Crippen molar-refractivity contribution in [2.24, 2.45) is 11.8 Å². The lowest BCUT2D eigenvalue weighted by Gasteiger charge is -2.47. The van der Waals surface area contributed by atoms with Crippen LogP contribution < -0.4 is 0 Å². The van der Waals surface area contributed by atoms with Crippen molar-refractivity contribution >= 4 is 11.8 Å². The number of rotatable bonds is 3. The summed E-state index contributed by atoms with van der Waals surface area (Å²) in [4.78, 5) is 29.1. The van der Waals surface area contributed by atoms with Crippen molar-refractivity contribution in [2.75, 3.05) is 6.54 Å². The highest BCUT2D eigenvalue weighted by molar-refractivity contribution is 5.97. The predicted molar refractivity (Wildman–Crippen MR) is 74.5 cm³/mol. The van der Waals surface area contributed by atoms with Gasteiger partial charge in [0.05, 0.1) is 0 Å². The van der Waals surface area contributed by atoms with Crippen molar-refractivity contribution < 1.29 is 9.59 Å². The Labute approximate surface area is 116 Å². The fraction of sp³-hybridized carbons (Fsp3) is 0.867. The van der Waals surface area contributed by atoms with Gasteiger partial charge in [-0.1, -0.05) is 27.7 Å². The summed E-state index contributed by atoms with van der Waals surface area (Å²) in [5, 5.41) is 0. The van der Waals surface area contributed by atoms with Crippen LogP contribution in [0, 0.1) is 11.8 Å². The van der Waals surface area contributed by atoms with Crippen LogP contribution in [0.15, 0.2) is 0 Å². The molecule has 2 saturated heterocycles. The summed E-state index contributed by atoms with van der Waals surface area (Å²) in [5.41, 5.74) is 0. The maximum atomic E-state index is 12.7. The highest BCUT2D eigenvalue weighted by Crippen LogP contribution is 2.32. The van der Waals surface area contributed by atoms with Gasteiger partial charge in [-0.05, 0) is 31.6 Å². The summed E-state index contributed by atoms with van der Waals surface area (Å²) in [5.74, 6) is 0.853. The Kier molecular flexibility index (Phi) is 3.88. The lowest BCUT2D eigenvalue weighted by Crippen LogP contribution is -2.66. The van der Waals surface area contributed by atoms with E-state index in [0.717, 1.165) is 19.4 Å². The first-order valence-corrected chi connectivity index (χ1v) is 7.49. The van der Waals surface area contributed by atoms with Crippen LogP contribution in [0.1, 0.15) is 47.5 Å². The van der Waals surface area contributed by atoms with Crippen molar-refractivity contribution in [3.8, 4) is 0 Å². The molecule has 108 valence electrons. The molecule has 0 aliphatic carbocycles. The number of hydrogen-bond acceptors (Lipinski definition) is 2. The van der Waals surface area contributed by atoms with Gasteiger partial charge in [-0.2, -0.15) is 0 Å². The fourth-order valence-corrected chi connectivity index (χ4v) is 3.27. The first kappa shape index (κ1) is 14.4. The van der Waals surface area contributed by atoms with E-state index in [4.69, 9.17) is 0 Å². The number of piperazine rings is 1. The second-order valence-electron chi connectivity index (χ2n) is 6.61. The molecule has 0 radical (unpaired) electrons. The van der Waals surface area contributed by atoms with E-state index < -0.39 is 0 Å². The van der Waals surface area contributed by atoms with Gasteiger partial charge < -0.3 is 9.80 Å². The van der Waals surface area contributed by atoms with Gasteiger partial charge in [0.15, 0.2) is 0 Å². The zero-order valence-electron chi connectivity index (χ0n) is 12.7. The van der Waals surface area contributed by atoms with Gasteiger partial charge in [0.1, 0.15) is 12.1 Å². The van der Waals surface area contributed by atoms with Crippen molar-refractivity contribution in [2.45, 2.75) is 65.6 Å². The Bertz CT molecular complexity index is 378. The minimum Gasteiger partial charge on any atom is -0.329 e. The van der Waals surface area contributed by atoms with Gasteiger partial charge in [0, 0.05) is 12.6 Å². The second-order valence-corrected chi connectivity index (χ2v) is 6.61. The van der Waals surface area contributed by atoms with Crippen molar-refractivity contribution in [3.05, 3.63) is 0 Å². The SMILES string of the molecule is CC(C)C(C)N1C(=O)C2CCCN2C(=O)C1C(C)C. The molecule has 2 fully saturated rings. The van der Waals surface area contributed by atoms with Crippen LogP contribution in [-0.2, 0) is 9.59 Å². The standard InChI is InChI=1S/C15H26N2O2/c1-9(2)11(5)17-13(10(3)4)15(19)16-8-6-7-12(16)14(17)18/h9-13H,6-8H2,1-5H3. The number of carbonyl (C=O) groups is 2. The van der Waals surface area contributed by atoms with E-state index in [-0.39, 0.29) is 35.9 Å². The molecule has 2 rings (SSSR count). The molecule has 4 nitrogen and oxygen atoms in total. The smallest absolute Gasteiger partial charge is 0.246 e. The molecule has 2 aliphatic rings. The molecule has 3 atom stereocenters. The Morgan fingerprint density at radius 1 is 1.05 bits per heavy atom. The number of fused-ring (bicyclic) bond motifs is 1. The number of hydrogen-bond donors (Lipinski definition) is 0. The Hall–Kier alpha value is -1.06. The minimum absolute atomic E-state index is 0.117. The molecule has 3 unspecified atom stereocenters. The molecule has 19 heavy (non-hydrogen) atoms. The zero-order chi connectivity index (χ0) is 14.3. The van der Waals surface area contributed by atoms with Crippen molar-refractivity contribution in [1.29, 1.82) is 0 Å².